The summed E-state index contributed by atoms with van der Waals surface area (Å²) in [4.78, 5) is 18.0. The number of aryl methyl sites for hydroxylation is 2. The van der Waals surface area contributed by atoms with Crippen molar-refractivity contribution in [3.8, 4) is 0 Å². The van der Waals surface area contributed by atoms with Crippen LogP contribution in [0.3, 0.4) is 0 Å². The minimum atomic E-state index is 0.00425. The molecule has 4 nitrogen and oxygen atoms in total. The van der Waals surface area contributed by atoms with E-state index >= 15 is 0 Å². The van der Waals surface area contributed by atoms with E-state index in [0.29, 0.717) is 18.0 Å². The number of H-pyrrole nitrogens is 1. The first-order chi connectivity index (χ1) is 12.0. The number of para-hydroxylation sites is 1. The Morgan fingerprint density at radius 2 is 2.04 bits per heavy atom. The van der Waals surface area contributed by atoms with Gasteiger partial charge in [0, 0.05) is 24.0 Å². The number of rotatable bonds is 4. The van der Waals surface area contributed by atoms with Crippen LogP contribution in [0.25, 0.3) is 10.9 Å². The van der Waals surface area contributed by atoms with Crippen LogP contribution in [0, 0.1) is 19.8 Å². The van der Waals surface area contributed by atoms with Crippen LogP contribution >= 0.6 is 0 Å². The highest BCUT2D eigenvalue weighted by molar-refractivity contribution is 6.06. The molecule has 1 N–H and O–H groups in total. The zero-order valence-electron chi connectivity index (χ0n) is 15.2. The first-order valence-electron chi connectivity index (χ1n) is 8.87. The van der Waals surface area contributed by atoms with Gasteiger partial charge in [0.15, 0.2) is 0 Å². The van der Waals surface area contributed by atoms with Gasteiger partial charge in [0.2, 0.25) is 0 Å². The third-order valence-electron chi connectivity index (χ3n) is 5.47. The lowest BCUT2D eigenvalue weighted by atomic mass is 10.1. The summed E-state index contributed by atoms with van der Waals surface area (Å²) < 4.78 is 5.94. The largest absolute Gasteiger partial charge is 0.464 e. The standard InChI is InChI=1S/C21H24N2O2/c1-12-10-18(12)19-9-8-15(25-19)11-23(4)21(24)17-7-5-6-16-13(2)14(3)22-20(16)17/h5-9,12,18,22H,10-11H2,1-4H3/t12-,18+/m0/s1. The van der Waals surface area contributed by atoms with E-state index in [4.69, 9.17) is 4.42 Å². The van der Waals surface area contributed by atoms with Crippen LogP contribution in [0.2, 0.25) is 0 Å². The maximum Gasteiger partial charge on any atom is 0.256 e. The zero-order valence-corrected chi connectivity index (χ0v) is 15.2. The van der Waals surface area contributed by atoms with Gasteiger partial charge in [-0.25, -0.2) is 0 Å². The second-order valence-corrected chi connectivity index (χ2v) is 7.39. The van der Waals surface area contributed by atoms with Crippen LogP contribution in [-0.4, -0.2) is 22.8 Å². The minimum Gasteiger partial charge on any atom is -0.464 e. The van der Waals surface area contributed by atoms with Gasteiger partial charge in [0.05, 0.1) is 17.6 Å². The minimum absolute atomic E-state index is 0.00425. The molecular formula is C21H24N2O2. The monoisotopic (exact) mass is 336 g/mol. The van der Waals surface area contributed by atoms with Crippen LogP contribution in [0.1, 0.15) is 52.4 Å². The lowest BCUT2D eigenvalue weighted by Crippen LogP contribution is -2.26. The summed E-state index contributed by atoms with van der Waals surface area (Å²) in [6, 6.07) is 9.94. The maximum absolute atomic E-state index is 13.0. The van der Waals surface area contributed by atoms with Crippen molar-refractivity contribution >= 4 is 16.8 Å². The number of carbonyl (C=O) groups is 1. The van der Waals surface area contributed by atoms with Gasteiger partial charge in [-0.3, -0.25) is 4.79 Å². The van der Waals surface area contributed by atoms with Gasteiger partial charge in [-0.1, -0.05) is 19.1 Å². The number of hydrogen-bond donors (Lipinski definition) is 1. The van der Waals surface area contributed by atoms with Crippen molar-refractivity contribution in [1.82, 2.24) is 9.88 Å². The fraction of sp³-hybridized carbons (Fsp3) is 0.381. The first-order valence-corrected chi connectivity index (χ1v) is 8.87. The van der Waals surface area contributed by atoms with Gasteiger partial charge in [0.1, 0.15) is 11.5 Å². The lowest BCUT2D eigenvalue weighted by Gasteiger charge is -2.16. The molecule has 0 spiro atoms. The molecule has 1 aliphatic rings. The fourth-order valence-corrected chi connectivity index (χ4v) is 3.57. The quantitative estimate of drug-likeness (QED) is 0.746. The molecule has 4 rings (SSSR count). The predicted octanol–water partition coefficient (Wildman–Crippen LogP) is 4.77. The molecule has 1 fully saturated rings. The number of fused-ring (bicyclic) bond motifs is 1. The van der Waals surface area contributed by atoms with E-state index in [1.54, 1.807) is 4.90 Å². The molecule has 0 unspecified atom stereocenters. The van der Waals surface area contributed by atoms with Gasteiger partial charge in [-0.2, -0.15) is 0 Å². The Labute approximate surface area is 147 Å². The van der Waals surface area contributed by atoms with Crippen molar-refractivity contribution in [2.24, 2.45) is 5.92 Å². The average molecular weight is 336 g/mol. The van der Waals surface area contributed by atoms with Gasteiger partial charge >= 0.3 is 0 Å². The Balaban J connectivity index is 1.56. The lowest BCUT2D eigenvalue weighted by molar-refractivity contribution is 0.0776. The Hall–Kier alpha value is -2.49. The molecule has 2 heterocycles. The van der Waals surface area contributed by atoms with Crippen molar-refractivity contribution in [2.45, 2.75) is 39.7 Å². The van der Waals surface area contributed by atoms with E-state index in [2.05, 4.69) is 31.0 Å². The SMILES string of the molecule is Cc1[nH]c2c(C(=O)N(C)Cc3ccc([C@@H]4C[C@@H]4C)o3)cccc2c1C. The summed E-state index contributed by atoms with van der Waals surface area (Å²) >= 11 is 0. The number of furan rings is 1. The smallest absolute Gasteiger partial charge is 0.256 e. The summed E-state index contributed by atoms with van der Waals surface area (Å²) in [5.41, 5.74) is 3.92. The number of benzene rings is 1. The maximum atomic E-state index is 13.0. The molecule has 25 heavy (non-hydrogen) atoms. The van der Waals surface area contributed by atoms with E-state index < -0.39 is 0 Å². The second kappa shape index (κ2) is 5.80. The van der Waals surface area contributed by atoms with Gasteiger partial charge in [-0.15, -0.1) is 0 Å². The number of aromatic amines is 1. The van der Waals surface area contributed by atoms with Crippen molar-refractivity contribution < 1.29 is 9.21 Å². The summed E-state index contributed by atoms with van der Waals surface area (Å²) in [7, 11) is 1.83. The molecule has 0 aliphatic heterocycles. The molecule has 1 saturated carbocycles. The highest BCUT2D eigenvalue weighted by atomic mass is 16.3. The summed E-state index contributed by atoms with van der Waals surface area (Å²) in [5, 5.41) is 1.11. The van der Waals surface area contributed by atoms with Crippen LogP contribution < -0.4 is 0 Å². The van der Waals surface area contributed by atoms with Crippen LogP contribution in [-0.2, 0) is 6.54 Å². The highest BCUT2D eigenvalue weighted by Gasteiger charge is 2.36. The molecule has 4 heteroatoms. The summed E-state index contributed by atoms with van der Waals surface area (Å²) in [6.07, 6.45) is 1.20. The number of aromatic nitrogens is 1. The van der Waals surface area contributed by atoms with Crippen LogP contribution in [0.15, 0.2) is 34.7 Å². The fourth-order valence-electron chi connectivity index (χ4n) is 3.57. The molecule has 1 aromatic carbocycles. The number of nitrogens with one attached hydrogen (secondary N) is 1. The number of carbonyl (C=O) groups excluding carboxylic acids is 1. The van der Waals surface area contributed by atoms with Crippen molar-refractivity contribution in [3.63, 3.8) is 0 Å². The second-order valence-electron chi connectivity index (χ2n) is 7.39. The molecular weight excluding hydrogens is 312 g/mol. The molecule has 0 radical (unpaired) electrons. The van der Waals surface area contributed by atoms with E-state index in [1.807, 2.05) is 32.2 Å². The number of amides is 1. The molecule has 130 valence electrons. The Kier molecular flexibility index (Phi) is 3.71. The summed E-state index contributed by atoms with van der Waals surface area (Å²) in [6.45, 7) is 6.84. The third kappa shape index (κ3) is 2.76. The normalized spacial score (nSPS) is 19.4. The molecule has 1 aliphatic carbocycles. The van der Waals surface area contributed by atoms with Gasteiger partial charge < -0.3 is 14.3 Å². The zero-order chi connectivity index (χ0) is 17.7. The molecule has 0 saturated heterocycles. The number of nitrogens with zero attached hydrogens (tertiary/aromatic N) is 1. The Morgan fingerprint density at radius 3 is 2.76 bits per heavy atom. The molecule has 0 bridgehead atoms. The average Bonchev–Trinajstić information content (AvgIpc) is 3.01. The van der Waals surface area contributed by atoms with Crippen LogP contribution in [0.5, 0.6) is 0 Å². The van der Waals surface area contributed by atoms with Gasteiger partial charge in [0.25, 0.3) is 5.91 Å². The third-order valence-corrected chi connectivity index (χ3v) is 5.47. The molecule has 3 aromatic rings. The van der Waals surface area contributed by atoms with E-state index in [0.717, 1.165) is 34.0 Å². The molecule has 2 atom stereocenters. The Morgan fingerprint density at radius 1 is 1.28 bits per heavy atom. The Bertz CT molecular complexity index is 950. The molecule has 1 amide bonds. The molecule has 2 aromatic heterocycles. The highest BCUT2D eigenvalue weighted by Crippen LogP contribution is 2.47. The van der Waals surface area contributed by atoms with Gasteiger partial charge in [-0.05, 0) is 49.9 Å². The summed E-state index contributed by atoms with van der Waals surface area (Å²) in [5.74, 6) is 3.19. The topological polar surface area (TPSA) is 49.2 Å². The predicted molar refractivity (Wildman–Crippen MR) is 98.8 cm³/mol. The van der Waals surface area contributed by atoms with E-state index in [-0.39, 0.29) is 5.91 Å². The first kappa shape index (κ1) is 16.0. The van der Waals surface area contributed by atoms with E-state index in [9.17, 15) is 4.79 Å². The van der Waals surface area contributed by atoms with Crippen molar-refractivity contribution in [1.29, 1.82) is 0 Å². The van der Waals surface area contributed by atoms with Crippen molar-refractivity contribution in [2.75, 3.05) is 7.05 Å². The van der Waals surface area contributed by atoms with Crippen LogP contribution in [0.4, 0.5) is 0 Å². The number of hydrogen-bond acceptors (Lipinski definition) is 2. The van der Waals surface area contributed by atoms with E-state index in [1.165, 1.54) is 12.0 Å². The van der Waals surface area contributed by atoms with Crippen molar-refractivity contribution in [3.05, 3.63) is 58.7 Å².